The van der Waals surface area contributed by atoms with Gasteiger partial charge in [-0.3, -0.25) is 4.79 Å². The number of fused-ring (bicyclic) bond motifs is 3. The number of halogens is 1. The minimum absolute atomic E-state index is 0.0613. The Morgan fingerprint density at radius 1 is 1.33 bits per heavy atom. The molecule has 1 aromatic carbocycles. The summed E-state index contributed by atoms with van der Waals surface area (Å²) in [5.41, 5.74) is 2.25. The number of hydrogen-bond donors (Lipinski definition) is 1. The Hall–Kier alpha value is -1.99. The van der Waals surface area contributed by atoms with E-state index in [-0.39, 0.29) is 11.7 Å². The number of hydrogen-bond acceptors (Lipinski definition) is 5. The third-order valence-electron chi connectivity index (χ3n) is 4.80. The minimum atomic E-state index is -0.276. The van der Waals surface area contributed by atoms with Gasteiger partial charge in [0.05, 0.1) is 5.75 Å². The Morgan fingerprint density at radius 3 is 2.96 bits per heavy atom. The first kappa shape index (κ1) is 18.4. The number of aromatic nitrogens is 2. The summed E-state index contributed by atoms with van der Waals surface area (Å²) in [4.78, 5) is 23.6. The smallest absolute Gasteiger partial charge is 0.230 e. The molecule has 0 spiro atoms. The van der Waals surface area contributed by atoms with Crippen LogP contribution in [0.25, 0.3) is 10.2 Å². The molecule has 7 heteroatoms. The molecule has 1 amide bonds. The first-order valence-corrected chi connectivity index (χ1v) is 10.8. The van der Waals surface area contributed by atoms with Crippen LogP contribution in [0.2, 0.25) is 0 Å². The lowest BCUT2D eigenvalue weighted by Gasteiger charge is -2.18. The van der Waals surface area contributed by atoms with E-state index in [4.69, 9.17) is 0 Å². The van der Waals surface area contributed by atoms with Crippen LogP contribution in [0.5, 0.6) is 0 Å². The molecule has 4 nitrogen and oxygen atoms in total. The number of thiophene rings is 1. The fourth-order valence-electron chi connectivity index (χ4n) is 3.34. The molecular formula is C20H20FN3OS2. The zero-order chi connectivity index (χ0) is 18.8. The van der Waals surface area contributed by atoms with Crippen LogP contribution in [0.3, 0.4) is 0 Å². The van der Waals surface area contributed by atoms with Crippen molar-refractivity contribution < 1.29 is 9.18 Å². The van der Waals surface area contributed by atoms with Crippen LogP contribution < -0.4 is 5.32 Å². The number of aryl methyl sites for hydroxylation is 1. The van der Waals surface area contributed by atoms with Gasteiger partial charge in [-0.25, -0.2) is 14.4 Å². The summed E-state index contributed by atoms with van der Waals surface area (Å²) in [5.74, 6) is 0.677. The molecule has 0 radical (unpaired) electrons. The second-order valence-electron chi connectivity index (χ2n) is 6.90. The zero-order valence-corrected chi connectivity index (χ0v) is 16.6. The molecule has 0 saturated carbocycles. The highest BCUT2D eigenvalue weighted by atomic mass is 32.2. The van der Waals surface area contributed by atoms with Crippen molar-refractivity contribution in [2.45, 2.75) is 37.8 Å². The monoisotopic (exact) mass is 401 g/mol. The van der Waals surface area contributed by atoms with E-state index >= 15 is 0 Å². The highest BCUT2D eigenvalue weighted by Crippen LogP contribution is 2.40. The minimum Gasteiger partial charge on any atom is -0.351 e. The first-order chi connectivity index (χ1) is 13.1. The van der Waals surface area contributed by atoms with E-state index in [1.54, 1.807) is 29.8 Å². The van der Waals surface area contributed by atoms with Crippen LogP contribution in [-0.4, -0.2) is 21.6 Å². The van der Waals surface area contributed by atoms with Gasteiger partial charge in [-0.05, 0) is 48.4 Å². The number of benzene rings is 1. The van der Waals surface area contributed by atoms with E-state index in [0.29, 0.717) is 18.2 Å². The standard InChI is InChI=1S/C20H20FN3OS2/c1-12-2-7-15-16(8-12)27-20-18(15)19(23-11-24-20)26-10-17(25)22-9-13-3-5-14(21)6-4-13/h3-6,11-12H,2,7-10H2,1H3,(H,22,25)/t12-/m1/s1. The third kappa shape index (κ3) is 4.14. The van der Waals surface area contributed by atoms with Gasteiger partial charge in [-0.1, -0.05) is 30.8 Å². The Kier molecular flexibility index (Phi) is 5.41. The largest absolute Gasteiger partial charge is 0.351 e. The van der Waals surface area contributed by atoms with Crippen molar-refractivity contribution in [2.24, 2.45) is 5.92 Å². The molecule has 0 aliphatic heterocycles. The summed E-state index contributed by atoms with van der Waals surface area (Å²) in [7, 11) is 0. The quantitative estimate of drug-likeness (QED) is 0.510. The molecule has 0 fully saturated rings. The van der Waals surface area contributed by atoms with Crippen molar-refractivity contribution >= 4 is 39.2 Å². The van der Waals surface area contributed by atoms with Crippen molar-refractivity contribution in [3.05, 3.63) is 52.4 Å². The number of thioether (sulfide) groups is 1. The lowest BCUT2D eigenvalue weighted by atomic mass is 9.89. The normalized spacial score (nSPS) is 16.3. The van der Waals surface area contributed by atoms with Gasteiger partial charge in [-0.15, -0.1) is 11.3 Å². The van der Waals surface area contributed by atoms with E-state index in [9.17, 15) is 9.18 Å². The van der Waals surface area contributed by atoms with Gasteiger partial charge in [0.1, 0.15) is 22.0 Å². The van der Waals surface area contributed by atoms with Crippen LogP contribution in [0.15, 0.2) is 35.6 Å². The molecule has 2 heterocycles. The number of carbonyl (C=O) groups excluding carboxylic acids is 1. The SMILES string of the molecule is C[C@@H]1CCc2c(sc3ncnc(SCC(=O)NCc4ccc(F)cc4)c23)C1. The Bertz CT molecular complexity index is 971. The summed E-state index contributed by atoms with van der Waals surface area (Å²) >= 11 is 3.22. The molecule has 0 unspecified atom stereocenters. The average Bonchev–Trinajstić information content (AvgIpc) is 3.03. The van der Waals surface area contributed by atoms with E-state index in [1.807, 2.05) is 0 Å². The van der Waals surface area contributed by atoms with Crippen molar-refractivity contribution in [1.29, 1.82) is 0 Å². The maximum Gasteiger partial charge on any atom is 0.230 e. The number of carbonyl (C=O) groups is 1. The maximum absolute atomic E-state index is 12.9. The van der Waals surface area contributed by atoms with Crippen molar-refractivity contribution in [2.75, 3.05) is 5.75 Å². The molecule has 3 aromatic rings. The second-order valence-corrected chi connectivity index (χ2v) is 8.95. The van der Waals surface area contributed by atoms with Crippen molar-refractivity contribution in [1.82, 2.24) is 15.3 Å². The fourth-order valence-corrected chi connectivity index (χ4v) is 5.61. The Balaban J connectivity index is 1.43. The van der Waals surface area contributed by atoms with Gasteiger partial charge in [0.2, 0.25) is 5.91 Å². The molecule has 1 N–H and O–H groups in total. The van der Waals surface area contributed by atoms with Crippen molar-refractivity contribution in [3.63, 3.8) is 0 Å². The molecule has 1 aliphatic rings. The fraction of sp³-hybridized carbons (Fsp3) is 0.350. The van der Waals surface area contributed by atoms with E-state index < -0.39 is 0 Å². The molecule has 1 aliphatic carbocycles. The molecule has 140 valence electrons. The van der Waals surface area contributed by atoms with E-state index in [2.05, 4.69) is 22.2 Å². The summed E-state index contributed by atoms with van der Waals surface area (Å²) in [6, 6.07) is 6.15. The maximum atomic E-state index is 12.9. The van der Waals surface area contributed by atoms with Gasteiger partial charge in [0, 0.05) is 16.8 Å². The van der Waals surface area contributed by atoms with Crippen LogP contribution in [0, 0.1) is 11.7 Å². The van der Waals surface area contributed by atoms with Crippen LogP contribution in [-0.2, 0) is 24.2 Å². The van der Waals surface area contributed by atoms with Crippen LogP contribution >= 0.6 is 23.1 Å². The van der Waals surface area contributed by atoms with Gasteiger partial charge >= 0.3 is 0 Å². The Labute approximate surface area is 165 Å². The van der Waals surface area contributed by atoms with Gasteiger partial charge in [0.25, 0.3) is 0 Å². The predicted molar refractivity (Wildman–Crippen MR) is 108 cm³/mol. The molecule has 27 heavy (non-hydrogen) atoms. The van der Waals surface area contributed by atoms with Crippen LogP contribution in [0.4, 0.5) is 4.39 Å². The molecule has 2 aromatic heterocycles. The lowest BCUT2D eigenvalue weighted by molar-refractivity contribution is -0.118. The molecule has 0 bridgehead atoms. The molecule has 1 atom stereocenters. The van der Waals surface area contributed by atoms with Crippen molar-refractivity contribution in [3.8, 4) is 0 Å². The van der Waals surface area contributed by atoms with Gasteiger partial charge in [0.15, 0.2) is 0 Å². The lowest BCUT2D eigenvalue weighted by Crippen LogP contribution is -2.24. The molecule has 4 rings (SSSR count). The summed E-state index contributed by atoms with van der Waals surface area (Å²) in [6.45, 7) is 2.69. The number of nitrogens with one attached hydrogen (secondary N) is 1. The predicted octanol–water partition coefficient (Wildman–Crippen LogP) is 4.36. The second kappa shape index (κ2) is 7.94. The highest BCUT2D eigenvalue weighted by Gasteiger charge is 2.23. The topological polar surface area (TPSA) is 54.9 Å². The van der Waals surface area contributed by atoms with E-state index in [1.165, 1.54) is 40.8 Å². The summed E-state index contributed by atoms with van der Waals surface area (Å²) in [6.07, 6.45) is 4.95. The summed E-state index contributed by atoms with van der Waals surface area (Å²) < 4.78 is 12.9. The van der Waals surface area contributed by atoms with E-state index in [0.717, 1.165) is 33.6 Å². The number of rotatable bonds is 5. The Morgan fingerprint density at radius 2 is 2.15 bits per heavy atom. The average molecular weight is 402 g/mol. The third-order valence-corrected chi connectivity index (χ3v) is 6.95. The molecular weight excluding hydrogens is 381 g/mol. The first-order valence-electron chi connectivity index (χ1n) is 8.99. The zero-order valence-electron chi connectivity index (χ0n) is 15.0. The van der Waals surface area contributed by atoms with Gasteiger partial charge < -0.3 is 5.32 Å². The number of amides is 1. The van der Waals surface area contributed by atoms with Crippen LogP contribution in [0.1, 0.15) is 29.3 Å². The highest BCUT2D eigenvalue weighted by molar-refractivity contribution is 8.00. The number of nitrogens with zero attached hydrogens (tertiary/aromatic N) is 2. The molecule has 0 saturated heterocycles. The summed E-state index contributed by atoms with van der Waals surface area (Å²) in [5, 5.41) is 4.91. The van der Waals surface area contributed by atoms with Gasteiger partial charge in [-0.2, -0.15) is 0 Å².